The van der Waals surface area contributed by atoms with Gasteiger partial charge in [0, 0.05) is 30.4 Å². The minimum Gasteiger partial charge on any atom is -0.491 e. The number of hydrogen-bond acceptors (Lipinski definition) is 5. The highest BCUT2D eigenvalue weighted by molar-refractivity contribution is 5.97. The van der Waals surface area contributed by atoms with E-state index in [0.717, 1.165) is 28.0 Å². The van der Waals surface area contributed by atoms with Crippen LogP contribution in [0.3, 0.4) is 0 Å². The minimum absolute atomic E-state index is 0.0454. The summed E-state index contributed by atoms with van der Waals surface area (Å²) in [5, 5.41) is 0. The van der Waals surface area contributed by atoms with Crippen LogP contribution in [-0.2, 0) is 4.74 Å². The molecule has 150 valence electrons. The van der Waals surface area contributed by atoms with Crippen LogP contribution < -0.4 is 10.5 Å². The summed E-state index contributed by atoms with van der Waals surface area (Å²) in [5.41, 5.74) is 10.4. The van der Waals surface area contributed by atoms with Crippen LogP contribution in [0.5, 0.6) is 5.75 Å². The molecule has 0 amide bonds. The molecule has 0 saturated carbocycles. The quantitative estimate of drug-likeness (QED) is 0.319. The Balaban J connectivity index is 2.60. The predicted molar refractivity (Wildman–Crippen MR) is 113 cm³/mol. The normalized spacial score (nSPS) is 11.8. The molecule has 28 heavy (non-hydrogen) atoms. The Kier molecular flexibility index (Phi) is 7.29. The number of aliphatic imine (C=N–C) groups is 1. The molecule has 1 heterocycles. The maximum Gasteiger partial charge on any atom is 0.161 e. The molecule has 1 aromatic heterocycles. The topological polar surface area (TPSA) is 86.8 Å². The van der Waals surface area contributed by atoms with E-state index in [0.29, 0.717) is 30.4 Å². The Morgan fingerprint density at radius 1 is 1.18 bits per heavy atom. The van der Waals surface area contributed by atoms with Gasteiger partial charge in [-0.05, 0) is 55.7 Å². The van der Waals surface area contributed by atoms with Crippen molar-refractivity contribution >= 4 is 17.4 Å². The number of rotatable bonds is 8. The number of nitrogens with zero attached hydrogens (tertiary/aromatic N) is 2. The van der Waals surface area contributed by atoms with E-state index < -0.39 is 0 Å². The highest BCUT2D eigenvalue weighted by atomic mass is 16.5. The number of pyridine rings is 1. The van der Waals surface area contributed by atoms with E-state index in [-0.39, 0.29) is 11.7 Å². The molecule has 1 aromatic carbocycles. The van der Waals surface area contributed by atoms with Gasteiger partial charge in [-0.25, -0.2) is 9.98 Å². The summed E-state index contributed by atoms with van der Waals surface area (Å²) in [6.07, 6.45) is 1.55. The van der Waals surface area contributed by atoms with Gasteiger partial charge in [-0.15, -0.1) is 0 Å². The van der Waals surface area contributed by atoms with Gasteiger partial charge < -0.3 is 15.2 Å². The lowest BCUT2D eigenvalue weighted by Crippen LogP contribution is -2.18. The Morgan fingerprint density at radius 2 is 1.82 bits per heavy atom. The highest BCUT2D eigenvalue weighted by Gasteiger charge is 2.16. The molecule has 6 heteroatoms. The molecule has 6 nitrogen and oxygen atoms in total. The first-order valence-electron chi connectivity index (χ1n) is 9.33. The third kappa shape index (κ3) is 5.16. The molecule has 2 aromatic rings. The zero-order valence-electron chi connectivity index (χ0n) is 17.5. The standard InChI is InChI=1S/C22H29N3O3/c1-13(2)21(23)25-22-19(11-17(12-24-22)16(5)26)20-14(3)9-18(10-15(20)4)28-8-7-27-6/h9-13H,7-8H2,1-6H3,(H2,23,24,25). The molecule has 0 aliphatic heterocycles. The summed E-state index contributed by atoms with van der Waals surface area (Å²) in [4.78, 5) is 20.9. The third-order valence-electron chi connectivity index (χ3n) is 4.43. The van der Waals surface area contributed by atoms with Gasteiger partial charge in [-0.1, -0.05) is 13.8 Å². The average Bonchev–Trinajstić information content (AvgIpc) is 2.62. The Bertz CT molecular complexity index is 866. The summed E-state index contributed by atoms with van der Waals surface area (Å²) >= 11 is 0. The van der Waals surface area contributed by atoms with Gasteiger partial charge in [0.15, 0.2) is 11.6 Å². The predicted octanol–water partition coefficient (Wildman–Crippen LogP) is 4.24. The largest absolute Gasteiger partial charge is 0.491 e. The van der Waals surface area contributed by atoms with Crippen LogP contribution in [-0.4, -0.2) is 36.9 Å². The van der Waals surface area contributed by atoms with Gasteiger partial charge in [-0.2, -0.15) is 0 Å². The zero-order valence-corrected chi connectivity index (χ0v) is 17.5. The molecule has 0 bridgehead atoms. The van der Waals surface area contributed by atoms with Crippen molar-refractivity contribution in [2.45, 2.75) is 34.6 Å². The van der Waals surface area contributed by atoms with Gasteiger partial charge in [0.1, 0.15) is 18.2 Å². The second kappa shape index (κ2) is 9.46. The van der Waals surface area contributed by atoms with E-state index in [1.54, 1.807) is 13.3 Å². The van der Waals surface area contributed by atoms with Crippen molar-refractivity contribution in [1.82, 2.24) is 4.98 Å². The lowest BCUT2D eigenvalue weighted by Gasteiger charge is -2.16. The summed E-state index contributed by atoms with van der Waals surface area (Å²) in [6.45, 7) is 10.5. The summed E-state index contributed by atoms with van der Waals surface area (Å²) in [6, 6.07) is 5.78. The Hall–Kier alpha value is -2.73. The molecule has 0 aliphatic rings. The molecular weight excluding hydrogens is 354 g/mol. The molecule has 0 radical (unpaired) electrons. The van der Waals surface area contributed by atoms with Crippen LogP contribution >= 0.6 is 0 Å². The van der Waals surface area contributed by atoms with E-state index in [4.69, 9.17) is 15.2 Å². The fraction of sp³-hybridized carbons (Fsp3) is 0.409. The van der Waals surface area contributed by atoms with Gasteiger partial charge in [0.25, 0.3) is 0 Å². The number of benzene rings is 1. The van der Waals surface area contributed by atoms with Crippen LogP contribution in [0.15, 0.2) is 29.4 Å². The first-order chi connectivity index (χ1) is 13.2. The number of aromatic nitrogens is 1. The number of Topliss-reactive ketones (excluding diaryl/α,β-unsaturated/α-hetero) is 1. The van der Waals surface area contributed by atoms with Crippen LogP contribution in [0.1, 0.15) is 42.3 Å². The molecule has 2 N–H and O–H groups in total. The van der Waals surface area contributed by atoms with E-state index in [1.807, 2.05) is 45.9 Å². The Morgan fingerprint density at radius 3 is 2.36 bits per heavy atom. The van der Waals surface area contributed by atoms with Crippen LogP contribution in [0.25, 0.3) is 11.1 Å². The SMILES string of the molecule is COCCOc1cc(C)c(-c2cc(C(C)=O)cnc2/N=C(\N)C(C)C)c(C)c1. The van der Waals surface area contributed by atoms with E-state index in [9.17, 15) is 4.79 Å². The first-order valence-corrected chi connectivity index (χ1v) is 9.33. The van der Waals surface area contributed by atoms with Crippen LogP contribution in [0, 0.1) is 19.8 Å². The number of aryl methyl sites for hydroxylation is 2. The molecule has 0 aliphatic carbocycles. The van der Waals surface area contributed by atoms with E-state index in [2.05, 4.69) is 9.98 Å². The molecule has 0 unspecified atom stereocenters. The number of hydrogen-bond donors (Lipinski definition) is 1. The zero-order chi connectivity index (χ0) is 20.8. The van der Waals surface area contributed by atoms with Crippen molar-refractivity contribution < 1.29 is 14.3 Å². The number of carbonyl (C=O) groups is 1. The number of nitrogens with two attached hydrogens (primary N) is 1. The molecule has 0 fully saturated rings. The van der Waals surface area contributed by atoms with Crippen molar-refractivity contribution in [3.05, 3.63) is 41.1 Å². The molecule has 0 spiro atoms. The van der Waals surface area contributed by atoms with Crippen LogP contribution in [0.2, 0.25) is 0 Å². The second-order valence-electron chi connectivity index (χ2n) is 7.12. The summed E-state index contributed by atoms with van der Waals surface area (Å²) in [5.74, 6) is 1.84. The first kappa shape index (κ1) is 21.6. The van der Waals surface area contributed by atoms with Crippen molar-refractivity contribution in [2.24, 2.45) is 16.6 Å². The summed E-state index contributed by atoms with van der Waals surface area (Å²) in [7, 11) is 1.64. The number of ether oxygens (including phenoxy) is 2. The number of amidine groups is 1. The minimum atomic E-state index is -0.0454. The van der Waals surface area contributed by atoms with Gasteiger partial charge >= 0.3 is 0 Å². The van der Waals surface area contributed by atoms with E-state index >= 15 is 0 Å². The van der Waals surface area contributed by atoms with Gasteiger partial charge in [-0.3, -0.25) is 4.79 Å². The maximum atomic E-state index is 11.9. The molecule has 0 saturated heterocycles. The maximum absolute atomic E-state index is 11.9. The lowest BCUT2D eigenvalue weighted by atomic mass is 9.94. The van der Waals surface area contributed by atoms with Gasteiger partial charge in [0.2, 0.25) is 0 Å². The van der Waals surface area contributed by atoms with E-state index in [1.165, 1.54) is 6.92 Å². The monoisotopic (exact) mass is 383 g/mol. The smallest absolute Gasteiger partial charge is 0.161 e. The fourth-order valence-corrected chi connectivity index (χ4v) is 2.85. The average molecular weight is 383 g/mol. The Labute approximate surface area is 166 Å². The third-order valence-corrected chi connectivity index (χ3v) is 4.43. The fourth-order valence-electron chi connectivity index (χ4n) is 2.85. The van der Waals surface area contributed by atoms with Crippen molar-refractivity contribution in [1.29, 1.82) is 0 Å². The highest BCUT2D eigenvalue weighted by Crippen LogP contribution is 2.36. The number of methoxy groups -OCH3 is 1. The molecule has 2 rings (SSSR count). The molecular formula is C22H29N3O3. The van der Waals surface area contributed by atoms with Crippen molar-refractivity contribution in [3.8, 4) is 16.9 Å². The van der Waals surface area contributed by atoms with Crippen molar-refractivity contribution in [2.75, 3.05) is 20.3 Å². The molecule has 0 atom stereocenters. The number of ketones is 1. The van der Waals surface area contributed by atoms with Gasteiger partial charge in [0.05, 0.1) is 6.61 Å². The van der Waals surface area contributed by atoms with Crippen molar-refractivity contribution in [3.63, 3.8) is 0 Å². The lowest BCUT2D eigenvalue weighted by molar-refractivity contribution is 0.101. The summed E-state index contributed by atoms with van der Waals surface area (Å²) < 4.78 is 10.8. The van der Waals surface area contributed by atoms with Crippen LogP contribution in [0.4, 0.5) is 5.82 Å². The second-order valence-corrected chi connectivity index (χ2v) is 7.12. The number of carbonyl (C=O) groups excluding carboxylic acids is 1.